The number of rotatable bonds is 28. The Hall–Kier alpha value is -4.23. The molecule has 0 saturated carbocycles. The number of unbranched alkanes of at least 4 members (excludes halogenated alkanes) is 8. The van der Waals surface area contributed by atoms with Gasteiger partial charge in [0.1, 0.15) is 24.2 Å². The van der Waals surface area contributed by atoms with Gasteiger partial charge in [-0.25, -0.2) is 9.97 Å². The van der Waals surface area contributed by atoms with E-state index < -0.39 is 36.5 Å². The highest BCUT2D eigenvalue weighted by atomic mass is 16.6. The molecule has 0 aliphatic heterocycles. The molecule has 0 N–H and O–H groups in total. The number of carbonyl (C=O) groups excluding carboxylic acids is 5. The first kappa shape index (κ1) is 38.0. The van der Waals surface area contributed by atoms with Crippen molar-refractivity contribution < 1.29 is 56.5 Å². The molecular formula is C32H46N2O12. The molecule has 0 saturated heterocycles. The highest BCUT2D eigenvalue weighted by molar-refractivity contribution is 5.69. The number of hydrogen-bond donors (Lipinski definition) is 0. The van der Waals surface area contributed by atoms with E-state index in [1.165, 1.54) is 64.3 Å². The van der Waals surface area contributed by atoms with E-state index in [9.17, 15) is 24.0 Å². The molecular weight excluding hydrogens is 604 g/mol. The van der Waals surface area contributed by atoms with Crippen molar-refractivity contribution in [3.05, 3.63) is 36.2 Å². The van der Waals surface area contributed by atoms with Crippen LogP contribution in [0.3, 0.4) is 0 Å². The molecule has 0 aromatic carbocycles. The van der Waals surface area contributed by atoms with E-state index in [2.05, 4.69) is 23.8 Å². The maximum Gasteiger partial charge on any atom is 0.307 e. The van der Waals surface area contributed by atoms with Crippen LogP contribution in [-0.4, -0.2) is 60.1 Å². The van der Waals surface area contributed by atoms with E-state index in [0.29, 0.717) is 6.42 Å². The van der Waals surface area contributed by atoms with Gasteiger partial charge in [0.25, 0.3) is 25.9 Å². The maximum absolute atomic E-state index is 12.8. The summed E-state index contributed by atoms with van der Waals surface area (Å²) in [7, 11) is 0. The normalized spacial score (nSPS) is 14.3. The van der Waals surface area contributed by atoms with Crippen LogP contribution in [0.2, 0.25) is 0 Å². The zero-order valence-corrected chi connectivity index (χ0v) is 26.8. The fourth-order valence-corrected chi connectivity index (χ4v) is 5.00. The van der Waals surface area contributed by atoms with Gasteiger partial charge in [0.15, 0.2) is 24.4 Å². The lowest BCUT2D eigenvalue weighted by molar-refractivity contribution is -0.170. The van der Waals surface area contributed by atoms with Crippen molar-refractivity contribution in [3.63, 3.8) is 0 Å². The Labute approximate surface area is 268 Å². The fraction of sp³-hybridized carbons (Fsp3) is 0.656. The molecule has 0 radical (unpaired) electrons. The standard InChI is InChI=1S/C32H46N2O12/c1-23(2)13-11-9-7-5-4-6-8-10-12-14-29(39)46-31(28-16-33-18-41-28)32-34-25(17-40-32)26(43-20-36)15-27(44-21-37)30(45-22-38)24(3)42-19-35/h16-24,26-27,30-31H,4-15H2,1-3H3. The first-order valence-corrected chi connectivity index (χ1v) is 15.7. The van der Waals surface area contributed by atoms with E-state index in [1.807, 2.05) is 0 Å². The molecule has 2 aromatic rings. The Morgan fingerprint density at radius 3 is 2.02 bits per heavy atom. The highest BCUT2D eigenvalue weighted by Crippen LogP contribution is 2.31. The first-order valence-electron chi connectivity index (χ1n) is 15.7. The van der Waals surface area contributed by atoms with Gasteiger partial charge in [0.2, 0.25) is 12.0 Å². The van der Waals surface area contributed by atoms with Crippen molar-refractivity contribution in [1.29, 1.82) is 0 Å². The van der Waals surface area contributed by atoms with Crippen LogP contribution >= 0.6 is 0 Å². The van der Waals surface area contributed by atoms with E-state index in [1.54, 1.807) is 0 Å². The van der Waals surface area contributed by atoms with Gasteiger partial charge >= 0.3 is 5.97 Å². The van der Waals surface area contributed by atoms with Gasteiger partial charge < -0.3 is 32.5 Å². The summed E-state index contributed by atoms with van der Waals surface area (Å²) in [5.41, 5.74) is 0.0656. The Morgan fingerprint density at radius 1 is 0.804 bits per heavy atom. The Kier molecular flexibility index (Phi) is 18.4. The number of esters is 1. The summed E-state index contributed by atoms with van der Waals surface area (Å²) < 4.78 is 36.7. The number of oxazole rings is 2. The molecule has 0 spiro atoms. The molecule has 14 nitrogen and oxygen atoms in total. The molecule has 0 aliphatic rings. The molecule has 14 heteroatoms. The van der Waals surface area contributed by atoms with Crippen LogP contribution < -0.4 is 0 Å². The SMILES string of the molecule is CC(C)CCCCCCCCCCCC(=O)OC(c1cnco1)c1nc(C(CC(OC=O)C(OC=O)C(C)OC=O)OC=O)co1. The molecule has 0 fully saturated rings. The summed E-state index contributed by atoms with van der Waals surface area (Å²) >= 11 is 0. The lowest BCUT2D eigenvalue weighted by Crippen LogP contribution is -2.42. The minimum atomic E-state index is -1.24. The largest absolute Gasteiger partial charge is 0.461 e. The van der Waals surface area contributed by atoms with Gasteiger partial charge in [-0.2, -0.15) is 0 Å². The van der Waals surface area contributed by atoms with Gasteiger partial charge in [-0.15, -0.1) is 0 Å². The lowest BCUT2D eigenvalue weighted by atomic mass is 10.0. The average molecular weight is 651 g/mol. The molecule has 2 rings (SSSR count). The predicted molar refractivity (Wildman–Crippen MR) is 160 cm³/mol. The van der Waals surface area contributed by atoms with Crippen molar-refractivity contribution in [2.45, 2.75) is 128 Å². The van der Waals surface area contributed by atoms with Crippen molar-refractivity contribution in [2.75, 3.05) is 0 Å². The quantitative estimate of drug-likeness (QED) is 0.0487. The fourth-order valence-electron chi connectivity index (χ4n) is 5.00. The first-order chi connectivity index (χ1) is 22.3. The van der Waals surface area contributed by atoms with Gasteiger partial charge in [-0.05, 0) is 19.3 Å². The second-order valence-electron chi connectivity index (χ2n) is 11.4. The summed E-state index contributed by atoms with van der Waals surface area (Å²) in [5.74, 6) is 0.355. The topological polar surface area (TPSA) is 184 Å². The van der Waals surface area contributed by atoms with E-state index in [0.717, 1.165) is 25.2 Å². The summed E-state index contributed by atoms with van der Waals surface area (Å²) in [6.07, 6.45) is 9.10. The number of nitrogens with zero attached hydrogens (tertiary/aromatic N) is 2. The smallest absolute Gasteiger partial charge is 0.307 e. The molecule has 2 heterocycles. The minimum absolute atomic E-state index is 0.0656. The van der Waals surface area contributed by atoms with Crippen LogP contribution in [0, 0.1) is 5.92 Å². The number of hydrogen-bond acceptors (Lipinski definition) is 14. The molecule has 5 atom stereocenters. The molecule has 0 aliphatic carbocycles. The predicted octanol–water partition coefficient (Wildman–Crippen LogP) is 5.49. The van der Waals surface area contributed by atoms with Crippen LogP contribution in [-0.2, 0) is 47.7 Å². The third-order valence-electron chi connectivity index (χ3n) is 7.42. The zero-order chi connectivity index (χ0) is 33.6. The van der Waals surface area contributed by atoms with Gasteiger partial charge in [0.05, 0.1) is 6.20 Å². The van der Waals surface area contributed by atoms with Gasteiger partial charge in [-0.3, -0.25) is 24.0 Å². The second-order valence-corrected chi connectivity index (χ2v) is 11.4. The summed E-state index contributed by atoms with van der Waals surface area (Å²) in [6.45, 7) is 6.44. The second kappa shape index (κ2) is 22.3. The average Bonchev–Trinajstić information content (AvgIpc) is 3.74. The third-order valence-corrected chi connectivity index (χ3v) is 7.42. The van der Waals surface area contributed by atoms with Gasteiger partial charge in [-0.1, -0.05) is 71.6 Å². The summed E-state index contributed by atoms with van der Waals surface area (Å²) in [5, 5.41) is 0. The van der Waals surface area contributed by atoms with Crippen LogP contribution in [0.15, 0.2) is 27.7 Å². The van der Waals surface area contributed by atoms with Crippen molar-refractivity contribution >= 4 is 31.9 Å². The molecule has 46 heavy (non-hydrogen) atoms. The van der Waals surface area contributed by atoms with Gasteiger partial charge in [0, 0.05) is 12.8 Å². The van der Waals surface area contributed by atoms with Crippen molar-refractivity contribution in [2.24, 2.45) is 5.92 Å². The van der Waals surface area contributed by atoms with E-state index in [4.69, 9.17) is 32.5 Å². The molecule has 2 aromatic heterocycles. The van der Waals surface area contributed by atoms with Crippen molar-refractivity contribution in [1.82, 2.24) is 9.97 Å². The number of ether oxygens (including phenoxy) is 5. The number of carbonyl (C=O) groups is 5. The Morgan fingerprint density at radius 2 is 1.43 bits per heavy atom. The molecule has 0 amide bonds. The van der Waals surface area contributed by atoms with Crippen LogP contribution in [0.1, 0.15) is 127 Å². The third kappa shape index (κ3) is 13.8. The lowest BCUT2D eigenvalue weighted by Gasteiger charge is -2.29. The van der Waals surface area contributed by atoms with E-state index >= 15 is 0 Å². The van der Waals surface area contributed by atoms with Crippen molar-refractivity contribution in [3.8, 4) is 0 Å². The molecule has 256 valence electrons. The number of aromatic nitrogens is 2. The molecule has 0 bridgehead atoms. The van der Waals surface area contributed by atoms with Crippen LogP contribution in [0.4, 0.5) is 0 Å². The zero-order valence-electron chi connectivity index (χ0n) is 26.8. The summed E-state index contributed by atoms with van der Waals surface area (Å²) in [6, 6.07) is 0. The maximum atomic E-state index is 12.8. The minimum Gasteiger partial charge on any atom is -0.461 e. The van der Waals surface area contributed by atoms with Crippen LogP contribution in [0.5, 0.6) is 0 Å². The van der Waals surface area contributed by atoms with Crippen LogP contribution in [0.25, 0.3) is 0 Å². The summed E-state index contributed by atoms with van der Waals surface area (Å²) in [4.78, 5) is 65.5. The Bertz CT molecular complexity index is 1140. The monoisotopic (exact) mass is 650 g/mol. The molecule has 5 unspecified atom stereocenters. The highest BCUT2D eigenvalue weighted by Gasteiger charge is 2.36. The Balaban J connectivity index is 1.99. The van der Waals surface area contributed by atoms with E-state index in [-0.39, 0.29) is 56.1 Å².